The standard InChI is InChI=1S/C18H20N4O/c1-13-9-21-17(10-20-13)18-12-22(6-7-23-18)11-14-2-3-15-4-5-19-16(15)8-14/h2-5,8-10,18-19H,6-7,11-12H2,1H3. The molecule has 1 saturated heterocycles. The molecule has 0 radical (unpaired) electrons. The summed E-state index contributed by atoms with van der Waals surface area (Å²) < 4.78 is 5.88. The Hall–Kier alpha value is -2.24. The molecule has 3 aromatic rings. The average Bonchev–Trinajstić information content (AvgIpc) is 3.03. The highest BCUT2D eigenvalue weighted by atomic mass is 16.5. The molecule has 118 valence electrons. The second-order valence-electron chi connectivity index (χ2n) is 6.08. The lowest BCUT2D eigenvalue weighted by Crippen LogP contribution is -2.38. The van der Waals surface area contributed by atoms with Gasteiger partial charge in [-0.05, 0) is 30.0 Å². The normalized spacial score (nSPS) is 19.3. The molecule has 0 saturated carbocycles. The molecule has 3 heterocycles. The number of rotatable bonds is 3. The van der Waals surface area contributed by atoms with Crippen molar-refractivity contribution in [2.75, 3.05) is 19.7 Å². The SMILES string of the molecule is Cc1cnc(C2CN(Cc3ccc4cc[nH]c4c3)CCO2)cn1. The van der Waals surface area contributed by atoms with Crippen LogP contribution in [-0.2, 0) is 11.3 Å². The number of hydrogen-bond donors (Lipinski definition) is 1. The predicted octanol–water partition coefficient (Wildman–Crippen LogP) is 2.84. The van der Waals surface area contributed by atoms with E-state index in [0.717, 1.165) is 37.6 Å². The maximum absolute atomic E-state index is 5.88. The Balaban J connectivity index is 1.47. The van der Waals surface area contributed by atoms with Crippen LogP contribution < -0.4 is 0 Å². The van der Waals surface area contributed by atoms with Crippen LogP contribution in [0.4, 0.5) is 0 Å². The van der Waals surface area contributed by atoms with Gasteiger partial charge in [0.05, 0.1) is 24.2 Å². The van der Waals surface area contributed by atoms with Crippen molar-refractivity contribution in [3.8, 4) is 0 Å². The third kappa shape index (κ3) is 3.11. The zero-order valence-electron chi connectivity index (χ0n) is 13.2. The van der Waals surface area contributed by atoms with E-state index in [1.54, 1.807) is 6.20 Å². The fourth-order valence-corrected chi connectivity index (χ4v) is 3.05. The number of morpholine rings is 1. The maximum atomic E-state index is 5.88. The van der Waals surface area contributed by atoms with Crippen LogP contribution in [0.2, 0.25) is 0 Å². The second-order valence-corrected chi connectivity index (χ2v) is 6.08. The van der Waals surface area contributed by atoms with Crippen LogP contribution in [0, 0.1) is 6.92 Å². The number of H-pyrrole nitrogens is 1. The summed E-state index contributed by atoms with van der Waals surface area (Å²) in [7, 11) is 0. The van der Waals surface area contributed by atoms with Crippen LogP contribution in [0.1, 0.15) is 23.1 Å². The maximum Gasteiger partial charge on any atom is 0.114 e. The summed E-state index contributed by atoms with van der Waals surface area (Å²) in [6.45, 7) is 5.39. The summed E-state index contributed by atoms with van der Waals surface area (Å²) in [6, 6.07) is 8.70. The number of hydrogen-bond acceptors (Lipinski definition) is 4. The number of nitrogens with one attached hydrogen (secondary N) is 1. The van der Waals surface area contributed by atoms with E-state index < -0.39 is 0 Å². The minimum Gasteiger partial charge on any atom is -0.369 e. The van der Waals surface area contributed by atoms with Crippen molar-refractivity contribution >= 4 is 10.9 Å². The molecule has 1 unspecified atom stereocenters. The lowest BCUT2D eigenvalue weighted by molar-refractivity contribution is -0.0351. The zero-order chi connectivity index (χ0) is 15.6. The Morgan fingerprint density at radius 2 is 2.22 bits per heavy atom. The minimum atomic E-state index is 0.00562. The number of aryl methyl sites for hydroxylation is 1. The van der Waals surface area contributed by atoms with E-state index in [-0.39, 0.29) is 6.10 Å². The first-order valence-corrected chi connectivity index (χ1v) is 7.96. The van der Waals surface area contributed by atoms with Gasteiger partial charge in [-0.15, -0.1) is 0 Å². The van der Waals surface area contributed by atoms with Crippen LogP contribution in [-0.4, -0.2) is 39.5 Å². The summed E-state index contributed by atoms with van der Waals surface area (Å²) in [5.41, 5.74) is 4.35. The summed E-state index contributed by atoms with van der Waals surface area (Å²) >= 11 is 0. The Morgan fingerprint density at radius 1 is 1.26 bits per heavy atom. The van der Waals surface area contributed by atoms with Gasteiger partial charge < -0.3 is 9.72 Å². The number of aromatic amines is 1. The highest BCUT2D eigenvalue weighted by molar-refractivity contribution is 5.79. The van der Waals surface area contributed by atoms with E-state index in [0.29, 0.717) is 0 Å². The van der Waals surface area contributed by atoms with Gasteiger partial charge in [0.15, 0.2) is 0 Å². The van der Waals surface area contributed by atoms with E-state index in [4.69, 9.17) is 4.74 Å². The van der Waals surface area contributed by atoms with Gasteiger partial charge in [-0.1, -0.05) is 12.1 Å². The monoisotopic (exact) mass is 308 g/mol. The molecule has 2 aromatic heterocycles. The van der Waals surface area contributed by atoms with Gasteiger partial charge in [0.1, 0.15) is 6.10 Å². The lowest BCUT2D eigenvalue weighted by atomic mass is 10.1. The van der Waals surface area contributed by atoms with E-state index in [9.17, 15) is 0 Å². The zero-order valence-corrected chi connectivity index (χ0v) is 13.2. The molecule has 4 rings (SSSR count). The third-order valence-corrected chi connectivity index (χ3v) is 4.31. The molecule has 23 heavy (non-hydrogen) atoms. The van der Waals surface area contributed by atoms with Crippen LogP contribution in [0.25, 0.3) is 10.9 Å². The molecule has 1 atom stereocenters. The Labute approximate surface area is 135 Å². The molecule has 1 aliphatic heterocycles. The Morgan fingerprint density at radius 3 is 3.09 bits per heavy atom. The molecule has 0 bridgehead atoms. The topological polar surface area (TPSA) is 54.0 Å². The van der Waals surface area contributed by atoms with Gasteiger partial charge in [-0.2, -0.15) is 0 Å². The Kier molecular flexibility index (Phi) is 3.81. The minimum absolute atomic E-state index is 0.00562. The third-order valence-electron chi connectivity index (χ3n) is 4.31. The molecular weight excluding hydrogens is 288 g/mol. The lowest BCUT2D eigenvalue weighted by Gasteiger charge is -2.32. The van der Waals surface area contributed by atoms with Crippen molar-refractivity contribution in [1.82, 2.24) is 19.9 Å². The quantitative estimate of drug-likeness (QED) is 0.808. The molecule has 5 heteroatoms. The summed E-state index contributed by atoms with van der Waals surface area (Å²) in [4.78, 5) is 14.5. The smallest absolute Gasteiger partial charge is 0.114 e. The van der Waals surface area contributed by atoms with Crippen molar-refractivity contribution in [2.24, 2.45) is 0 Å². The molecule has 0 aliphatic carbocycles. The average molecular weight is 308 g/mol. The highest BCUT2D eigenvalue weighted by Gasteiger charge is 2.23. The number of nitrogens with zero attached hydrogens (tertiary/aromatic N) is 3. The van der Waals surface area contributed by atoms with Gasteiger partial charge >= 0.3 is 0 Å². The van der Waals surface area contributed by atoms with Gasteiger partial charge in [-0.3, -0.25) is 14.9 Å². The van der Waals surface area contributed by atoms with Crippen LogP contribution in [0.5, 0.6) is 0 Å². The molecule has 1 aliphatic rings. The highest BCUT2D eigenvalue weighted by Crippen LogP contribution is 2.22. The number of fused-ring (bicyclic) bond motifs is 1. The summed E-state index contributed by atoms with van der Waals surface area (Å²) in [5, 5.41) is 1.25. The fraction of sp³-hybridized carbons (Fsp3) is 0.333. The summed E-state index contributed by atoms with van der Waals surface area (Å²) in [5.74, 6) is 0. The first-order valence-electron chi connectivity index (χ1n) is 7.96. The van der Waals surface area contributed by atoms with E-state index in [2.05, 4.69) is 44.1 Å². The summed E-state index contributed by atoms with van der Waals surface area (Å²) in [6.07, 6.45) is 5.62. The fourth-order valence-electron chi connectivity index (χ4n) is 3.05. The Bertz CT molecular complexity index is 796. The van der Waals surface area contributed by atoms with Crippen LogP contribution >= 0.6 is 0 Å². The molecule has 1 N–H and O–H groups in total. The predicted molar refractivity (Wildman–Crippen MR) is 89.0 cm³/mol. The van der Waals surface area contributed by atoms with Crippen molar-refractivity contribution in [2.45, 2.75) is 19.6 Å². The van der Waals surface area contributed by atoms with E-state index in [1.807, 2.05) is 19.3 Å². The first-order chi connectivity index (χ1) is 11.3. The van der Waals surface area contributed by atoms with Crippen molar-refractivity contribution in [3.05, 3.63) is 59.8 Å². The molecule has 5 nitrogen and oxygen atoms in total. The van der Waals surface area contributed by atoms with E-state index in [1.165, 1.54) is 16.5 Å². The van der Waals surface area contributed by atoms with E-state index >= 15 is 0 Å². The van der Waals surface area contributed by atoms with Crippen LogP contribution in [0.3, 0.4) is 0 Å². The molecule has 1 fully saturated rings. The van der Waals surface area contributed by atoms with Gasteiger partial charge in [-0.25, -0.2) is 0 Å². The van der Waals surface area contributed by atoms with Gasteiger partial charge in [0, 0.05) is 37.5 Å². The number of aromatic nitrogens is 3. The number of benzene rings is 1. The molecule has 1 aromatic carbocycles. The van der Waals surface area contributed by atoms with Crippen molar-refractivity contribution < 1.29 is 4.74 Å². The molecule has 0 spiro atoms. The molecular formula is C18H20N4O. The van der Waals surface area contributed by atoms with Gasteiger partial charge in [0.2, 0.25) is 0 Å². The molecule has 0 amide bonds. The van der Waals surface area contributed by atoms with Crippen molar-refractivity contribution in [3.63, 3.8) is 0 Å². The van der Waals surface area contributed by atoms with Crippen molar-refractivity contribution in [1.29, 1.82) is 0 Å². The number of ether oxygens (including phenoxy) is 1. The largest absolute Gasteiger partial charge is 0.369 e. The van der Waals surface area contributed by atoms with Crippen LogP contribution in [0.15, 0.2) is 42.9 Å². The second kappa shape index (κ2) is 6.10. The van der Waals surface area contributed by atoms with Gasteiger partial charge in [0.25, 0.3) is 0 Å². The first kappa shape index (κ1) is 14.4.